The van der Waals surface area contributed by atoms with E-state index < -0.39 is 6.43 Å². The highest BCUT2D eigenvalue weighted by Crippen LogP contribution is 2.41. The van der Waals surface area contributed by atoms with Crippen LogP contribution in [-0.2, 0) is 20.5 Å². The summed E-state index contributed by atoms with van der Waals surface area (Å²) >= 11 is 6.51. The number of nitrogens with zero attached hydrogens (tertiary/aromatic N) is 4. The van der Waals surface area contributed by atoms with Gasteiger partial charge in [0.25, 0.3) is 17.5 Å². The number of fused-ring (bicyclic) bond motifs is 2. The second-order valence-corrected chi connectivity index (χ2v) is 9.22. The SMILES string of the molecule is Cc1cc2c(Cl)nc(N3CCCc4cc(-c5cccn(C)c5=O)c(C(F)F)cc43)cc2n(C)c1=O. The molecule has 0 saturated heterocycles. The number of hydrogen-bond donors (Lipinski definition) is 0. The van der Waals surface area contributed by atoms with Gasteiger partial charge < -0.3 is 14.0 Å². The van der Waals surface area contributed by atoms with Crippen LogP contribution in [0.15, 0.2) is 52.2 Å². The van der Waals surface area contributed by atoms with E-state index in [4.69, 9.17) is 11.6 Å². The molecule has 1 aliphatic rings. The molecule has 0 aliphatic carbocycles. The molecule has 6 nitrogen and oxygen atoms in total. The first-order valence-corrected chi connectivity index (χ1v) is 11.6. The van der Waals surface area contributed by atoms with Crippen molar-refractivity contribution in [3.63, 3.8) is 0 Å². The Kier molecular flexibility index (Phi) is 5.71. The van der Waals surface area contributed by atoms with Gasteiger partial charge in [0.05, 0.1) is 5.52 Å². The van der Waals surface area contributed by atoms with Gasteiger partial charge in [-0.25, -0.2) is 13.8 Å². The molecule has 1 aromatic carbocycles. The molecule has 0 amide bonds. The van der Waals surface area contributed by atoms with Crippen molar-refractivity contribution < 1.29 is 8.78 Å². The zero-order chi connectivity index (χ0) is 25.0. The number of pyridine rings is 3. The second kappa shape index (κ2) is 8.61. The van der Waals surface area contributed by atoms with E-state index in [2.05, 4.69) is 4.98 Å². The molecule has 9 heteroatoms. The van der Waals surface area contributed by atoms with Crippen molar-refractivity contribution in [1.29, 1.82) is 0 Å². The fourth-order valence-corrected chi connectivity index (χ4v) is 5.04. The van der Waals surface area contributed by atoms with E-state index in [0.717, 1.165) is 12.0 Å². The minimum Gasteiger partial charge on any atom is -0.326 e. The largest absolute Gasteiger partial charge is 0.326 e. The Bertz CT molecular complexity index is 1610. The average Bonchev–Trinajstić information content (AvgIpc) is 2.83. The fraction of sp³-hybridized carbons (Fsp3) is 0.269. The molecule has 0 unspecified atom stereocenters. The Morgan fingerprint density at radius 3 is 2.57 bits per heavy atom. The maximum absolute atomic E-state index is 14.3. The minimum absolute atomic E-state index is 0.140. The molecule has 0 saturated carbocycles. The molecule has 180 valence electrons. The topological polar surface area (TPSA) is 60.1 Å². The van der Waals surface area contributed by atoms with Gasteiger partial charge in [-0.15, -0.1) is 0 Å². The third kappa shape index (κ3) is 3.82. The number of aromatic nitrogens is 3. The summed E-state index contributed by atoms with van der Waals surface area (Å²) in [7, 11) is 3.27. The van der Waals surface area contributed by atoms with E-state index in [1.165, 1.54) is 15.2 Å². The van der Waals surface area contributed by atoms with Crippen LogP contribution in [0, 0.1) is 6.92 Å². The predicted molar refractivity (Wildman–Crippen MR) is 134 cm³/mol. The van der Waals surface area contributed by atoms with Crippen LogP contribution in [-0.4, -0.2) is 20.7 Å². The molecule has 0 fully saturated rings. The number of aryl methyl sites for hydroxylation is 4. The lowest BCUT2D eigenvalue weighted by Crippen LogP contribution is -2.27. The molecule has 1 aliphatic heterocycles. The highest BCUT2D eigenvalue weighted by molar-refractivity contribution is 6.34. The number of anilines is 2. The Balaban J connectivity index is 1.72. The van der Waals surface area contributed by atoms with Crippen molar-refractivity contribution in [1.82, 2.24) is 14.1 Å². The third-order valence-electron chi connectivity index (χ3n) is 6.64. The van der Waals surface area contributed by atoms with Gasteiger partial charge >= 0.3 is 0 Å². The summed E-state index contributed by atoms with van der Waals surface area (Å²) in [5, 5.41) is 0.887. The van der Waals surface area contributed by atoms with E-state index in [-0.39, 0.29) is 33.0 Å². The lowest BCUT2D eigenvalue weighted by molar-refractivity contribution is 0.152. The lowest BCUT2D eigenvalue weighted by atomic mass is 9.92. The molecule has 4 heterocycles. The fourth-order valence-electron chi connectivity index (χ4n) is 4.80. The van der Waals surface area contributed by atoms with Gasteiger partial charge in [0, 0.05) is 60.7 Å². The summed E-state index contributed by atoms with van der Waals surface area (Å²) in [5.74, 6) is 0.478. The molecule has 4 aromatic rings. The first kappa shape index (κ1) is 23.2. The molecule has 0 N–H and O–H groups in total. The maximum atomic E-state index is 14.3. The number of hydrogen-bond acceptors (Lipinski definition) is 4. The molecule has 0 spiro atoms. The van der Waals surface area contributed by atoms with Gasteiger partial charge in [-0.1, -0.05) is 11.6 Å². The van der Waals surface area contributed by atoms with Crippen molar-refractivity contribution in [3.8, 4) is 11.1 Å². The van der Waals surface area contributed by atoms with Gasteiger partial charge in [0.15, 0.2) is 0 Å². The molecule has 5 rings (SSSR count). The first-order valence-electron chi connectivity index (χ1n) is 11.2. The standard InChI is InChI=1S/C26H23ClF2N4O2/c1-14-10-19-21(32(3)25(14)34)13-22(30-23(19)27)33-9-4-6-15-11-17(18(24(28)29)12-20(15)33)16-7-5-8-31(2)26(16)35/h5,7-8,10-13,24H,4,6,9H2,1-3H3. The molecule has 0 bridgehead atoms. The normalized spacial score (nSPS) is 13.5. The minimum atomic E-state index is -2.78. The summed E-state index contributed by atoms with van der Waals surface area (Å²) in [5.41, 5.74) is 2.41. The first-order chi connectivity index (χ1) is 16.7. The Hall–Kier alpha value is -3.52. The van der Waals surface area contributed by atoms with Crippen molar-refractivity contribution in [2.75, 3.05) is 11.4 Å². The number of alkyl halides is 2. The zero-order valence-electron chi connectivity index (χ0n) is 19.5. The molecule has 0 atom stereocenters. The van der Waals surface area contributed by atoms with Gasteiger partial charge in [0.1, 0.15) is 11.0 Å². The van der Waals surface area contributed by atoms with E-state index in [9.17, 15) is 18.4 Å². The second-order valence-electron chi connectivity index (χ2n) is 8.86. The zero-order valence-corrected chi connectivity index (χ0v) is 20.2. The molecule has 0 radical (unpaired) electrons. The third-order valence-corrected chi connectivity index (χ3v) is 6.92. The molecule has 3 aromatic heterocycles. The van der Waals surface area contributed by atoms with E-state index >= 15 is 0 Å². The quantitative estimate of drug-likeness (QED) is 0.362. The summed E-state index contributed by atoms with van der Waals surface area (Å²) in [4.78, 5) is 31.6. The van der Waals surface area contributed by atoms with Crippen LogP contribution < -0.4 is 16.0 Å². The Morgan fingerprint density at radius 2 is 1.83 bits per heavy atom. The van der Waals surface area contributed by atoms with Crippen LogP contribution in [0.5, 0.6) is 0 Å². The van der Waals surface area contributed by atoms with E-state index in [0.29, 0.717) is 40.9 Å². The van der Waals surface area contributed by atoms with Crippen LogP contribution in [0.2, 0.25) is 5.15 Å². The summed E-state index contributed by atoms with van der Waals surface area (Å²) in [6.45, 7) is 2.27. The van der Waals surface area contributed by atoms with E-state index in [1.807, 2.05) is 4.90 Å². The lowest BCUT2D eigenvalue weighted by Gasteiger charge is -2.32. The average molecular weight is 497 g/mol. The van der Waals surface area contributed by atoms with E-state index in [1.54, 1.807) is 57.5 Å². The highest BCUT2D eigenvalue weighted by atomic mass is 35.5. The number of rotatable bonds is 3. The van der Waals surface area contributed by atoms with Crippen LogP contribution in [0.25, 0.3) is 22.0 Å². The van der Waals surface area contributed by atoms with Crippen LogP contribution in [0.3, 0.4) is 0 Å². The summed E-state index contributed by atoms with van der Waals surface area (Å²) < 4.78 is 31.4. The van der Waals surface area contributed by atoms with Gasteiger partial charge in [-0.05, 0) is 61.2 Å². The van der Waals surface area contributed by atoms with Crippen molar-refractivity contribution in [3.05, 3.63) is 85.1 Å². The van der Waals surface area contributed by atoms with Crippen LogP contribution >= 0.6 is 11.6 Å². The van der Waals surface area contributed by atoms with Gasteiger partial charge in [-0.3, -0.25) is 9.59 Å². The summed E-state index contributed by atoms with van der Waals surface area (Å²) in [6.07, 6.45) is 0.255. The smallest absolute Gasteiger partial charge is 0.264 e. The van der Waals surface area contributed by atoms with Crippen molar-refractivity contribution in [2.24, 2.45) is 14.1 Å². The van der Waals surface area contributed by atoms with Gasteiger partial charge in [0.2, 0.25) is 0 Å². The maximum Gasteiger partial charge on any atom is 0.264 e. The van der Waals surface area contributed by atoms with Gasteiger partial charge in [-0.2, -0.15) is 0 Å². The monoisotopic (exact) mass is 496 g/mol. The molecular weight excluding hydrogens is 474 g/mol. The predicted octanol–water partition coefficient (Wildman–Crippen LogP) is 5.28. The molecule has 35 heavy (non-hydrogen) atoms. The van der Waals surface area contributed by atoms with Crippen molar-refractivity contribution in [2.45, 2.75) is 26.2 Å². The van der Waals surface area contributed by atoms with Crippen LogP contribution in [0.4, 0.5) is 20.3 Å². The number of halogens is 3. The highest BCUT2D eigenvalue weighted by Gasteiger charge is 2.26. The Labute approximate surface area is 205 Å². The van der Waals surface area contributed by atoms with Crippen LogP contribution in [0.1, 0.15) is 29.5 Å². The summed E-state index contributed by atoms with van der Waals surface area (Å²) in [6, 6.07) is 9.87. The number of benzene rings is 1. The molecular formula is C26H23ClF2N4O2. The van der Waals surface area contributed by atoms with Crippen molar-refractivity contribution >= 4 is 34.0 Å². The Morgan fingerprint density at radius 1 is 1.06 bits per heavy atom.